The number of nitrogens with zero attached hydrogens (tertiary/aromatic N) is 3. The highest BCUT2D eigenvalue weighted by Gasteiger charge is 2.19. The molecule has 0 aliphatic carbocycles. The number of hydrogen-bond acceptors (Lipinski definition) is 4. The lowest BCUT2D eigenvalue weighted by Gasteiger charge is -2.24. The third-order valence-corrected chi connectivity index (χ3v) is 4.64. The van der Waals surface area contributed by atoms with Crippen LogP contribution in [0.25, 0.3) is 0 Å². The van der Waals surface area contributed by atoms with Gasteiger partial charge in [-0.2, -0.15) is 0 Å². The quantitative estimate of drug-likeness (QED) is 0.717. The minimum Gasteiger partial charge on any atom is -0.355 e. The van der Waals surface area contributed by atoms with E-state index >= 15 is 0 Å². The van der Waals surface area contributed by atoms with E-state index in [9.17, 15) is 4.79 Å². The third-order valence-electron chi connectivity index (χ3n) is 4.32. The summed E-state index contributed by atoms with van der Waals surface area (Å²) in [4.78, 5) is 18.7. The van der Waals surface area contributed by atoms with Crippen molar-refractivity contribution in [3.8, 4) is 0 Å². The number of halogens is 1. The second-order valence-corrected chi connectivity index (χ2v) is 6.80. The monoisotopic (exact) mass is 385 g/mol. The number of aliphatic imine (C=N–C) groups is 1. The molecule has 2 aromatic carbocycles. The number of nitrogens with one attached hydrogen (secondary N) is 2. The smallest absolute Gasteiger partial charge is 0.319 e. The number of anilines is 2. The first kappa shape index (κ1) is 19.0. The number of carbonyl (C=O) groups is 1. The van der Waals surface area contributed by atoms with E-state index < -0.39 is 0 Å². The van der Waals surface area contributed by atoms with Gasteiger partial charge in [0, 0.05) is 37.1 Å². The zero-order valence-electron chi connectivity index (χ0n) is 15.4. The molecule has 0 radical (unpaired) electrons. The lowest BCUT2D eigenvalue weighted by atomic mass is 10.2. The summed E-state index contributed by atoms with van der Waals surface area (Å²) in [6.45, 7) is 5.37. The molecule has 7 heteroatoms. The summed E-state index contributed by atoms with van der Waals surface area (Å²) in [7, 11) is 0. The Morgan fingerprint density at radius 2 is 1.93 bits per heavy atom. The Kier molecular flexibility index (Phi) is 6.54. The van der Waals surface area contributed by atoms with Gasteiger partial charge in [-0.15, -0.1) is 0 Å². The highest BCUT2D eigenvalue weighted by Crippen LogP contribution is 2.16. The molecule has 0 unspecified atom stereocenters. The van der Waals surface area contributed by atoms with Gasteiger partial charge in [0.2, 0.25) is 0 Å². The van der Waals surface area contributed by atoms with Crippen LogP contribution in [0, 0.1) is 6.92 Å². The number of benzene rings is 2. The van der Waals surface area contributed by atoms with Crippen molar-refractivity contribution in [2.75, 3.05) is 42.5 Å². The Morgan fingerprint density at radius 3 is 2.67 bits per heavy atom. The molecule has 0 spiro atoms. The average Bonchev–Trinajstić information content (AvgIpc) is 3.11. The van der Waals surface area contributed by atoms with Crippen molar-refractivity contribution in [1.29, 1.82) is 0 Å². The molecule has 0 saturated heterocycles. The van der Waals surface area contributed by atoms with Crippen molar-refractivity contribution in [3.63, 3.8) is 0 Å². The first-order chi connectivity index (χ1) is 13.1. The van der Waals surface area contributed by atoms with Gasteiger partial charge in [-0.05, 0) is 31.2 Å². The topological polar surface area (TPSA) is 60.0 Å². The number of aryl methyl sites for hydroxylation is 1. The Labute approximate surface area is 164 Å². The summed E-state index contributed by atoms with van der Waals surface area (Å²) in [5.74, 6) is 0.939. The number of amides is 2. The largest absolute Gasteiger partial charge is 0.355 e. The van der Waals surface area contributed by atoms with Gasteiger partial charge >= 0.3 is 6.03 Å². The number of para-hydroxylation sites is 1. The summed E-state index contributed by atoms with van der Waals surface area (Å²) in [5.41, 5.74) is 2.87. The molecule has 0 fully saturated rings. The molecule has 1 aliphatic heterocycles. The van der Waals surface area contributed by atoms with Crippen LogP contribution in [0.4, 0.5) is 16.2 Å². The third kappa shape index (κ3) is 5.62. The first-order valence-corrected chi connectivity index (χ1v) is 9.34. The molecule has 27 heavy (non-hydrogen) atoms. The van der Waals surface area contributed by atoms with E-state index in [-0.39, 0.29) is 6.03 Å². The van der Waals surface area contributed by atoms with Crippen LogP contribution in [0.3, 0.4) is 0 Å². The highest BCUT2D eigenvalue weighted by atomic mass is 35.5. The van der Waals surface area contributed by atoms with E-state index in [1.165, 1.54) is 0 Å². The van der Waals surface area contributed by atoms with E-state index in [0.717, 1.165) is 35.9 Å². The fourth-order valence-electron chi connectivity index (χ4n) is 2.84. The number of carbonyl (C=O) groups excluding carboxylic acids is 1. The Morgan fingerprint density at radius 1 is 1.19 bits per heavy atom. The lowest BCUT2D eigenvalue weighted by Crippen LogP contribution is -2.41. The zero-order valence-corrected chi connectivity index (χ0v) is 16.1. The van der Waals surface area contributed by atoms with E-state index in [1.807, 2.05) is 61.5 Å². The Balaban J connectivity index is 1.43. The summed E-state index contributed by atoms with van der Waals surface area (Å²) >= 11 is 6.38. The van der Waals surface area contributed by atoms with Gasteiger partial charge in [0.25, 0.3) is 0 Å². The maximum absolute atomic E-state index is 12.0. The fraction of sp³-hybridized carbons (Fsp3) is 0.300. The summed E-state index contributed by atoms with van der Waals surface area (Å²) in [5, 5.41) is 5.72. The predicted molar refractivity (Wildman–Crippen MR) is 112 cm³/mol. The molecule has 2 N–H and O–H groups in total. The van der Waals surface area contributed by atoms with Crippen LogP contribution < -0.4 is 15.1 Å². The van der Waals surface area contributed by atoms with Gasteiger partial charge < -0.3 is 15.5 Å². The van der Waals surface area contributed by atoms with Crippen LogP contribution in [-0.2, 0) is 0 Å². The molecule has 1 aliphatic rings. The number of amidine groups is 1. The SMILES string of the molecule is Cc1ccc(NC(=O)NCCN2CCN=C2CN(Cl)c2ccccc2)cc1. The van der Waals surface area contributed by atoms with Crippen molar-refractivity contribution >= 4 is 35.0 Å². The van der Waals surface area contributed by atoms with E-state index in [1.54, 1.807) is 4.42 Å². The van der Waals surface area contributed by atoms with Gasteiger partial charge in [0.05, 0.1) is 18.8 Å². The predicted octanol–water partition coefficient (Wildman–Crippen LogP) is 3.49. The molecule has 1 heterocycles. The van der Waals surface area contributed by atoms with Crippen molar-refractivity contribution in [2.45, 2.75) is 6.92 Å². The Bertz CT molecular complexity index is 779. The number of rotatable bonds is 7. The Hall–Kier alpha value is -2.73. The summed E-state index contributed by atoms with van der Waals surface area (Å²) in [6.07, 6.45) is 0. The molecule has 0 saturated carbocycles. The van der Waals surface area contributed by atoms with Crippen LogP contribution >= 0.6 is 11.8 Å². The fourth-order valence-corrected chi connectivity index (χ4v) is 3.06. The lowest BCUT2D eigenvalue weighted by molar-refractivity contribution is 0.251. The van der Waals surface area contributed by atoms with Crippen LogP contribution in [0.1, 0.15) is 5.56 Å². The molecular weight excluding hydrogens is 362 g/mol. The van der Waals surface area contributed by atoms with Gasteiger partial charge in [0.15, 0.2) is 0 Å². The van der Waals surface area contributed by atoms with Crippen LogP contribution in [-0.4, -0.2) is 49.5 Å². The first-order valence-electron chi connectivity index (χ1n) is 9.00. The van der Waals surface area contributed by atoms with E-state index in [4.69, 9.17) is 11.8 Å². The average molecular weight is 386 g/mol. The van der Waals surface area contributed by atoms with Crippen LogP contribution in [0.15, 0.2) is 59.6 Å². The van der Waals surface area contributed by atoms with Gasteiger partial charge in [-0.3, -0.25) is 9.41 Å². The summed E-state index contributed by atoms with van der Waals surface area (Å²) < 4.78 is 1.66. The molecule has 0 atom stereocenters. The van der Waals surface area contributed by atoms with Crippen molar-refractivity contribution in [1.82, 2.24) is 10.2 Å². The highest BCUT2D eigenvalue weighted by molar-refractivity contribution is 6.27. The minimum absolute atomic E-state index is 0.209. The minimum atomic E-state index is -0.209. The van der Waals surface area contributed by atoms with Gasteiger partial charge in [-0.1, -0.05) is 35.9 Å². The van der Waals surface area contributed by atoms with Crippen molar-refractivity contribution < 1.29 is 4.79 Å². The zero-order chi connectivity index (χ0) is 19.1. The molecular formula is C20H24ClN5O. The molecule has 2 aromatic rings. The summed E-state index contributed by atoms with van der Waals surface area (Å²) in [6, 6.07) is 17.3. The maximum Gasteiger partial charge on any atom is 0.319 e. The second-order valence-electron chi connectivity index (χ2n) is 6.39. The van der Waals surface area contributed by atoms with Crippen molar-refractivity contribution in [3.05, 3.63) is 60.2 Å². The van der Waals surface area contributed by atoms with Crippen molar-refractivity contribution in [2.24, 2.45) is 4.99 Å². The van der Waals surface area contributed by atoms with Gasteiger partial charge in [0.1, 0.15) is 5.84 Å². The number of urea groups is 1. The molecule has 142 valence electrons. The van der Waals surface area contributed by atoms with Gasteiger partial charge in [-0.25, -0.2) is 4.79 Å². The van der Waals surface area contributed by atoms with Crippen LogP contribution in [0.2, 0.25) is 0 Å². The normalized spacial score (nSPS) is 13.3. The van der Waals surface area contributed by atoms with Crippen LogP contribution in [0.5, 0.6) is 0 Å². The maximum atomic E-state index is 12.0. The number of hydrogen-bond donors (Lipinski definition) is 2. The molecule has 3 rings (SSSR count). The van der Waals surface area contributed by atoms with E-state index in [2.05, 4.69) is 20.5 Å². The second kappa shape index (κ2) is 9.28. The molecule has 0 bridgehead atoms. The van der Waals surface area contributed by atoms with E-state index in [0.29, 0.717) is 19.6 Å². The standard InChI is InChI=1S/C20H24ClN5O/c1-16-7-9-17(10-8-16)24-20(27)23-12-14-25-13-11-22-19(25)15-26(21)18-5-3-2-4-6-18/h2-10H,11-15H2,1H3,(H2,23,24,27). The molecule has 6 nitrogen and oxygen atoms in total. The molecule has 2 amide bonds. The molecule has 0 aromatic heterocycles.